The molecule has 0 unspecified atom stereocenters. The van der Waals surface area contributed by atoms with Crippen LogP contribution in [0.1, 0.15) is 0 Å². The second-order valence-electron chi connectivity index (χ2n) is 16.9. The Morgan fingerprint density at radius 3 is 0.688 bits per heavy atom. The second-order valence-corrected chi connectivity index (χ2v) is 16.9. The number of nitrogens with zero attached hydrogens (tertiary/aromatic N) is 4. The predicted molar refractivity (Wildman–Crippen MR) is 269 cm³/mol. The van der Waals surface area contributed by atoms with Crippen molar-refractivity contribution in [1.82, 2.24) is 18.3 Å². The van der Waals surface area contributed by atoms with E-state index in [1.54, 1.807) is 0 Å². The molecule has 298 valence electrons. The largest absolute Gasteiger partial charge is 0.309 e. The summed E-state index contributed by atoms with van der Waals surface area (Å²) in [7, 11) is 0. The van der Waals surface area contributed by atoms with Crippen molar-refractivity contribution in [2.24, 2.45) is 0 Å². The van der Waals surface area contributed by atoms with Crippen LogP contribution in [0.2, 0.25) is 0 Å². The minimum atomic E-state index is 1.13. The molecule has 0 N–H and O–H groups in total. The second kappa shape index (κ2) is 13.4. The Balaban J connectivity index is 0.904. The van der Waals surface area contributed by atoms with Gasteiger partial charge in [0.15, 0.2) is 0 Å². The molecule has 4 heterocycles. The highest BCUT2D eigenvalue weighted by Crippen LogP contribution is 2.40. The molecule has 0 aliphatic carbocycles. The van der Waals surface area contributed by atoms with Crippen LogP contribution < -0.4 is 0 Å². The van der Waals surface area contributed by atoms with Crippen molar-refractivity contribution >= 4 is 87.2 Å². The third-order valence-electron chi connectivity index (χ3n) is 13.5. The monoisotopic (exact) mass is 814 g/mol. The average Bonchev–Trinajstić information content (AvgIpc) is 4.09. The highest BCUT2D eigenvalue weighted by atomic mass is 15.0. The lowest BCUT2D eigenvalue weighted by Gasteiger charge is -2.13. The zero-order valence-corrected chi connectivity index (χ0v) is 34.7. The fourth-order valence-corrected chi connectivity index (χ4v) is 10.8. The van der Waals surface area contributed by atoms with Gasteiger partial charge in [0.25, 0.3) is 0 Å². The van der Waals surface area contributed by atoms with E-state index in [2.05, 4.69) is 249 Å². The zero-order chi connectivity index (χ0) is 41.9. The molecule has 0 saturated carbocycles. The van der Waals surface area contributed by atoms with Gasteiger partial charge >= 0.3 is 0 Å². The van der Waals surface area contributed by atoms with Gasteiger partial charge < -0.3 is 18.3 Å². The van der Waals surface area contributed by atoms with Gasteiger partial charge in [-0.1, -0.05) is 133 Å². The van der Waals surface area contributed by atoms with E-state index >= 15 is 0 Å². The lowest BCUT2D eigenvalue weighted by Crippen LogP contribution is -1.98. The molecule has 14 rings (SSSR count). The van der Waals surface area contributed by atoms with E-state index in [0.717, 1.165) is 22.7 Å². The molecule has 4 heteroatoms. The van der Waals surface area contributed by atoms with E-state index in [4.69, 9.17) is 0 Å². The van der Waals surface area contributed by atoms with Crippen molar-refractivity contribution in [3.8, 4) is 33.9 Å². The van der Waals surface area contributed by atoms with Crippen molar-refractivity contribution in [2.45, 2.75) is 0 Å². The maximum atomic E-state index is 2.43. The molecule has 0 atom stereocenters. The van der Waals surface area contributed by atoms with Gasteiger partial charge in [-0.05, 0) is 108 Å². The van der Waals surface area contributed by atoms with Gasteiger partial charge in [-0.3, -0.25) is 0 Å². The first-order valence-electron chi connectivity index (χ1n) is 22.0. The number of para-hydroxylation sites is 6. The van der Waals surface area contributed by atoms with Crippen LogP contribution in [-0.2, 0) is 0 Å². The molecule has 0 spiro atoms. The first-order chi connectivity index (χ1) is 31.8. The van der Waals surface area contributed by atoms with Crippen LogP contribution in [0.15, 0.2) is 231 Å². The van der Waals surface area contributed by atoms with E-state index in [0.29, 0.717) is 0 Å². The van der Waals surface area contributed by atoms with Gasteiger partial charge in [0.1, 0.15) is 0 Å². The van der Waals surface area contributed by atoms with Crippen LogP contribution in [0.5, 0.6) is 0 Å². The molecular weight excluding hydrogens is 777 g/mol. The van der Waals surface area contributed by atoms with E-state index in [1.807, 2.05) is 0 Å². The molecule has 0 saturated heterocycles. The summed E-state index contributed by atoms with van der Waals surface area (Å²) in [6, 6.07) is 84.5. The normalized spacial score (nSPS) is 12.1. The standard InChI is InChI=1S/C60H38N4/c1-7-25-53-45(19-1)46-20-2-8-26-54(46)61(53)41-15-13-17-43(37-41)63-57-29-11-5-23-49(57)51-35-39(31-33-59(51)63)40-32-34-60-52(36-40)50-24-6-12-30-58(50)64(60)44-18-14-16-42(38-44)62-55-27-9-3-21-47(55)48-22-4-10-28-56(48)62/h1-38H. The lowest BCUT2D eigenvalue weighted by molar-refractivity contribution is 1.13. The Morgan fingerprint density at radius 2 is 0.406 bits per heavy atom. The van der Waals surface area contributed by atoms with Gasteiger partial charge in [-0.25, -0.2) is 0 Å². The molecule has 4 aromatic heterocycles. The summed E-state index contributed by atoms with van der Waals surface area (Å²) in [5, 5.41) is 10.0. The van der Waals surface area contributed by atoms with Crippen LogP contribution in [0, 0.1) is 0 Å². The maximum absolute atomic E-state index is 2.43. The molecule has 0 amide bonds. The Morgan fingerprint density at radius 1 is 0.172 bits per heavy atom. The molecule has 64 heavy (non-hydrogen) atoms. The first-order valence-corrected chi connectivity index (χ1v) is 22.0. The highest BCUT2D eigenvalue weighted by molar-refractivity contribution is 6.14. The first kappa shape index (κ1) is 35.0. The molecule has 0 aliphatic rings. The highest BCUT2D eigenvalue weighted by Gasteiger charge is 2.19. The Labute approximate surface area is 368 Å². The summed E-state index contributed by atoms with van der Waals surface area (Å²) in [4.78, 5) is 0. The SMILES string of the molecule is c1cc(-n2c3ccccc3c3ccccc32)cc(-n2c3ccccc3c3cc(-c4ccc5c(c4)c4ccccc4n5-c4cccc(-n5c6ccccc6c6ccccc65)c4)ccc32)c1. The van der Waals surface area contributed by atoms with Crippen molar-refractivity contribution in [1.29, 1.82) is 0 Å². The van der Waals surface area contributed by atoms with Gasteiger partial charge in [0.05, 0.1) is 44.1 Å². The molecular formula is C60H38N4. The third kappa shape index (κ3) is 4.99. The Kier molecular flexibility index (Phi) is 7.36. The quantitative estimate of drug-likeness (QED) is 0.165. The number of aromatic nitrogens is 4. The predicted octanol–water partition coefficient (Wildman–Crippen LogP) is 15.7. The van der Waals surface area contributed by atoms with E-state index in [1.165, 1.54) is 98.4 Å². The summed E-state index contributed by atoms with van der Waals surface area (Å²) >= 11 is 0. The van der Waals surface area contributed by atoms with Crippen LogP contribution in [0.4, 0.5) is 0 Å². The minimum absolute atomic E-state index is 1.13. The molecule has 4 nitrogen and oxygen atoms in total. The molecule has 0 aliphatic heterocycles. The topological polar surface area (TPSA) is 19.7 Å². The van der Waals surface area contributed by atoms with Crippen molar-refractivity contribution in [3.63, 3.8) is 0 Å². The molecule has 10 aromatic carbocycles. The van der Waals surface area contributed by atoms with Crippen LogP contribution in [-0.4, -0.2) is 18.3 Å². The fourth-order valence-electron chi connectivity index (χ4n) is 10.8. The zero-order valence-electron chi connectivity index (χ0n) is 34.7. The summed E-state index contributed by atoms with van der Waals surface area (Å²) in [6.45, 7) is 0. The number of rotatable bonds is 5. The molecule has 0 radical (unpaired) electrons. The number of hydrogen-bond acceptors (Lipinski definition) is 0. The number of hydrogen-bond donors (Lipinski definition) is 0. The summed E-state index contributed by atoms with van der Waals surface area (Å²) in [5.74, 6) is 0. The van der Waals surface area contributed by atoms with Crippen molar-refractivity contribution in [2.75, 3.05) is 0 Å². The number of benzene rings is 10. The number of fused-ring (bicyclic) bond motifs is 12. The van der Waals surface area contributed by atoms with E-state index in [-0.39, 0.29) is 0 Å². The Bertz CT molecular complexity index is 3830. The fraction of sp³-hybridized carbons (Fsp3) is 0. The van der Waals surface area contributed by atoms with Crippen LogP contribution in [0.25, 0.3) is 121 Å². The molecule has 0 bridgehead atoms. The van der Waals surface area contributed by atoms with Gasteiger partial charge in [-0.15, -0.1) is 0 Å². The minimum Gasteiger partial charge on any atom is -0.309 e. The van der Waals surface area contributed by atoms with Crippen LogP contribution in [0.3, 0.4) is 0 Å². The van der Waals surface area contributed by atoms with Gasteiger partial charge in [-0.2, -0.15) is 0 Å². The molecule has 14 aromatic rings. The van der Waals surface area contributed by atoms with Crippen molar-refractivity contribution in [3.05, 3.63) is 231 Å². The van der Waals surface area contributed by atoms with Crippen molar-refractivity contribution < 1.29 is 0 Å². The summed E-state index contributed by atoms with van der Waals surface area (Å²) in [6.07, 6.45) is 0. The average molecular weight is 815 g/mol. The van der Waals surface area contributed by atoms with Crippen LogP contribution >= 0.6 is 0 Å². The lowest BCUT2D eigenvalue weighted by atomic mass is 10.0. The Hall–Kier alpha value is -8.60. The summed E-state index contributed by atoms with van der Waals surface area (Å²) < 4.78 is 9.65. The smallest absolute Gasteiger partial charge is 0.0541 e. The van der Waals surface area contributed by atoms with Gasteiger partial charge in [0.2, 0.25) is 0 Å². The van der Waals surface area contributed by atoms with Gasteiger partial charge in [0, 0.05) is 65.8 Å². The molecule has 0 fully saturated rings. The third-order valence-corrected chi connectivity index (χ3v) is 13.5. The summed E-state index contributed by atoms with van der Waals surface area (Å²) in [5.41, 5.74) is 16.5. The maximum Gasteiger partial charge on any atom is 0.0541 e. The van der Waals surface area contributed by atoms with E-state index in [9.17, 15) is 0 Å². The van der Waals surface area contributed by atoms with E-state index < -0.39 is 0 Å².